The van der Waals surface area contributed by atoms with E-state index in [1.165, 1.54) is 12.1 Å². The lowest BCUT2D eigenvalue weighted by atomic mass is 10.0. The van der Waals surface area contributed by atoms with E-state index in [9.17, 15) is 4.39 Å². The van der Waals surface area contributed by atoms with Crippen LogP contribution in [0.4, 0.5) is 10.2 Å². The largest absolute Gasteiger partial charge is 0.380 e. The third-order valence-electron chi connectivity index (χ3n) is 3.02. The number of hydrogen-bond acceptors (Lipinski definition) is 3. The van der Waals surface area contributed by atoms with Gasteiger partial charge in [-0.1, -0.05) is 49.1 Å². The van der Waals surface area contributed by atoms with Gasteiger partial charge in [0, 0.05) is 14.5 Å². The topological polar surface area (TPSA) is 52.0 Å². The zero-order valence-corrected chi connectivity index (χ0v) is 13.8. The van der Waals surface area contributed by atoms with Crippen molar-refractivity contribution in [3.63, 3.8) is 0 Å². The molecule has 2 N–H and O–H groups in total. The van der Waals surface area contributed by atoms with Crippen LogP contribution in [0.2, 0.25) is 0 Å². The van der Waals surface area contributed by atoms with E-state index >= 15 is 0 Å². The molecular weight excluding hydrogens is 403 g/mol. The Bertz CT molecular complexity index is 800. The molecule has 0 unspecified atom stereocenters. The Morgan fingerprint density at radius 2 is 1.76 bits per heavy atom. The number of anilines is 1. The number of nitrogen functional groups attached to an aromatic ring is 1. The second-order valence-corrected chi connectivity index (χ2v) is 6.17. The van der Waals surface area contributed by atoms with Crippen LogP contribution in [0.5, 0.6) is 0 Å². The molecule has 0 aliphatic heterocycles. The number of aromatic nitrogens is 1. The molecule has 0 fully saturated rings. The summed E-state index contributed by atoms with van der Waals surface area (Å²) in [5, 5.41) is 3.81. The molecular formula is C15H9Br2FN2O. The van der Waals surface area contributed by atoms with Gasteiger partial charge in [-0.25, -0.2) is 4.39 Å². The van der Waals surface area contributed by atoms with Gasteiger partial charge in [-0.3, -0.25) is 0 Å². The second kappa shape index (κ2) is 5.61. The molecule has 6 heteroatoms. The van der Waals surface area contributed by atoms with Crippen molar-refractivity contribution in [3.05, 3.63) is 57.2 Å². The minimum Gasteiger partial charge on any atom is -0.380 e. The van der Waals surface area contributed by atoms with Gasteiger partial charge in [-0.2, -0.15) is 0 Å². The summed E-state index contributed by atoms with van der Waals surface area (Å²) >= 11 is 6.78. The van der Waals surface area contributed by atoms with E-state index in [2.05, 4.69) is 37.0 Å². The van der Waals surface area contributed by atoms with Crippen LogP contribution < -0.4 is 5.73 Å². The highest BCUT2D eigenvalue weighted by atomic mass is 79.9. The van der Waals surface area contributed by atoms with E-state index in [4.69, 9.17) is 10.3 Å². The van der Waals surface area contributed by atoms with Crippen molar-refractivity contribution in [2.24, 2.45) is 0 Å². The Hall–Kier alpha value is -1.66. The molecule has 21 heavy (non-hydrogen) atoms. The lowest BCUT2D eigenvalue weighted by Crippen LogP contribution is -1.89. The Morgan fingerprint density at radius 1 is 1.05 bits per heavy atom. The second-order valence-electron chi connectivity index (χ2n) is 4.40. The van der Waals surface area contributed by atoms with Gasteiger partial charge in [0.2, 0.25) is 0 Å². The maximum Gasteiger partial charge on any atom is 0.178 e. The fourth-order valence-corrected chi connectivity index (χ4v) is 2.74. The molecule has 0 saturated carbocycles. The number of benzene rings is 2. The molecule has 3 rings (SSSR count). The van der Waals surface area contributed by atoms with Gasteiger partial charge in [-0.15, -0.1) is 0 Å². The first-order valence-corrected chi connectivity index (χ1v) is 7.61. The van der Waals surface area contributed by atoms with Crippen molar-refractivity contribution in [2.45, 2.75) is 0 Å². The highest BCUT2D eigenvalue weighted by molar-refractivity contribution is 9.10. The Labute approximate surface area is 137 Å². The summed E-state index contributed by atoms with van der Waals surface area (Å²) in [6.07, 6.45) is 0. The highest BCUT2D eigenvalue weighted by Crippen LogP contribution is 2.40. The SMILES string of the molecule is Nc1noc(-c2cc(F)ccc2Br)c1-c1ccc(Br)cc1. The van der Waals surface area contributed by atoms with Gasteiger partial charge in [0.25, 0.3) is 0 Å². The summed E-state index contributed by atoms with van der Waals surface area (Å²) in [7, 11) is 0. The van der Waals surface area contributed by atoms with Crippen molar-refractivity contribution in [3.8, 4) is 22.5 Å². The van der Waals surface area contributed by atoms with Gasteiger partial charge in [0.05, 0.1) is 5.56 Å². The molecule has 1 heterocycles. The number of nitrogens with zero attached hydrogens (tertiary/aromatic N) is 1. The molecule has 106 valence electrons. The monoisotopic (exact) mass is 410 g/mol. The van der Waals surface area contributed by atoms with Crippen LogP contribution in [0.15, 0.2) is 55.9 Å². The van der Waals surface area contributed by atoms with Crippen molar-refractivity contribution in [1.82, 2.24) is 5.16 Å². The Kier molecular flexibility index (Phi) is 3.82. The lowest BCUT2D eigenvalue weighted by molar-refractivity contribution is 0.435. The number of halogens is 3. The molecule has 0 saturated heterocycles. The van der Waals surface area contributed by atoms with Crippen LogP contribution in [-0.2, 0) is 0 Å². The van der Waals surface area contributed by atoms with Crippen molar-refractivity contribution < 1.29 is 8.91 Å². The first kappa shape index (κ1) is 14.3. The van der Waals surface area contributed by atoms with Crippen LogP contribution in [0.25, 0.3) is 22.5 Å². The van der Waals surface area contributed by atoms with Crippen LogP contribution in [0.1, 0.15) is 0 Å². The zero-order chi connectivity index (χ0) is 15.0. The molecule has 3 nitrogen and oxygen atoms in total. The molecule has 1 aromatic heterocycles. The fraction of sp³-hybridized carbons (Fsp3) is 0. The maximum atomic E-state index is 13.5. The van der Waals surface area contributed by atoms with E-state index in [-0.39, 0.29) is 11.6 Å². The average molecular weight is 412 g/mol. The van der Waals surface area contributed by atoms with Crippen LogP contribution in [0.3, 0.4) is 0 Å². The summed E-state index contributed by atoms with van der Waals surface area (Å²) in [6, 6.07) is 11.9. The smallest absolute Gasteiger partial charge is 0.178 e. The van der Waals surface area contributed by atoms with Crippen molar-refractivity contribution in [2.75, 3.05) is 5.73 Å². The molecule has 0 aliphatic rings. The molecule has 0 radical (unpaired) electrons. The third-order valence-corrected chi connectivity index (χ3v) is 4.24. The summed E-state index contributed by atoms with van der Waals surface area (Å²) in [5.74, 6) is 0.342. The van der Waals surface area contributed by atoms with Gasteiger partial charge in [0.15, 0.2) is 11.6 Å². The van der Waals surface area contributed by atoms with E-state index in [0.29, 0.717) is 21.4 Å². The predicted octanol–water partition coefficient (Wildman–Crippen LogP) is 5.25. The van der Waals surface area contributed by atoms with Gasteiger partial charge >= 0.3 is 0 Å². The van der Waals surface area contributed by atoms with E-state index in [1.807, 2.05) is 24.3 Å². The highest BCUT2D eigenvalue weighted by Gasteiger charge is 2.20. The van der Waals surface area contributed by atoms with Crippen LogP contribution >= 0.6 is 31.9 Å². The molecule has 0 spiro atoms. The summed E-state index contributed by atoms with van der Waals surface area (Å²) in [6.45, 7) is 0. The quantitative estimate of drug-likeness (QED) is 0.626. The maximum absolute atomic E-state index is 13.5. The minimum absolute atomic E-state index is 0.267. The molecule has 0 bridgehead atoms. The van der Waals surface area contributed by atoms with Gasteiger partial charge < -0.3 is 10.3 Å². The average Bonchev–Trinajstić information content (AvgIpc) is 2.84. The number of rotatable bonds is 2. The van der Waals surface area contributed by atoms with E-state index in [1.54, 1.807) is 6.07 Å². The van der Waals surface area contributed by atoms with Crippen molar-refractivity contribution in [1.29, 1.82) is 0 Å². The molecule has 0 atom stereocenters. The summed E-state index contributed by atoms with van der Waals surface area (Å²) in [5.41, 5.74) is 7.98. The van der Waals surface area contributed by atoms with Crippen LogP contribution in [-0.4, -0.2) is 5.16 Å². The molecule has 3 aromatic rings. The number of nitrogens with two attached hydrogens (primary N) is 1. The Balaban J connectivity index is 2.21. The molecule has 0 amide bonds. The van der Waals surface area contributed by atoms with Crippen LogP contribution in [0, 0.1) is 5.82 Å². The normalized spacial score (nSPS) is 10.8. The third kappa shape index (κ3) is 2.73. The standard InChI is InChI=1S/C15H9Br2FN2O/c16-9-3-1-8(2-4-9)13-14(21-20-15(13)19)11-7-10(18)5-6-12(11)17/h1-7H,(H2,19,20). The first-order chi connectivity index (χ1) is 10.1. The summed E-state index contributed by atoms with van der Waals surface area (Å²) in [4.78, 5) is 0. The predicted molar refractivity (Wildman–Crippen MR) is 87.1 cm³/mol. The van der Waals surface area contributed by atoms with Crippen molar-refractivity contribution >= 4 is 37.7 Å². The lowest BCUT2D eigenvalue weighted by Gasteiger charge is -2.05. The van der Waals surface area contributed by atoms with Gasteiger partial charge in [0.1, 0.15) is 5.82 Å². The van der Waals surface area contributed by atoms with E-state index < -0.39 is 0 Å². The first-order valence-electron chi connectivity index (χ1n) is 6.03. The minimum atomic E-state index is -0.357. The molecule has 2 aromatic carbocycles. The number of hydrogen-bond donors (Lipinski definition) is 1. The molecule has 0 aliphatic carbocycles. The Morgan fingerprint density at radius 3 is 2.48 bits per heavy atom. The van der Waals surface area contributed by atoms with Gasteiger partial charge in [-0.05, 0) is 35.9 Å². The zero-order valence-electron chi connectivity index (χ0n) is 10.6. The van der Waals surface area contributed by atoms with E-state index in [0.717, 1.165) is 10.0 Å². The summed E-state index contributed by atoms with van der Waals surface area (Å²) < 4.78 is 20.5. The fourth-order valence-electron chi connectivity index (χ4n) is 2.05.